The summed E-state index contributed by atoms with van der Waals surface area (Å²) in [5.41, 5.74) is 0. The third kappa shape index (κ3) is 5.95. The molecule has 1 aromatic heterocycles. The second-order valence-electron chi connectivity index (χ2n) is 5.18. The molecule has 6 nitrogen and oxygen atoms in total. The summed E-state index contributed by atoms with van der Waals surface area (Å²) in [6, 6.07) is 1.86. The summed E-state index contributed by atoms with van der Waals surface area (Å²) in [5.74, 6) is 0.853. The Morgan fingerprint density at radius 1 is 1.14 bits per heavy atom. The molecule has 0 bridgehead atoms. The van der Waals surface area contributed by atoms with Crippen LogP contribution in [0.25, 0.3) is 0 Å². The number of nitrogens with zero attached hydrogens (tertiary/aromatic N) is 4. The number of piperazine rings is 1. The van der Waals surface area contributed by atoms with Crippen LogP contribution in [0.3, 0.4) is 0 Å². The van der Waals surface area contributed by atoms with Crippen molar-refractivity contribution in [2.24, 2.45) is 0 Å². The average Bonchev–Trinajstić information content (AvgIpc) is 2.55. The highest BCUT2D eigenvalue weighted by Gasteiger charge is 2.17. The molecule has 1 saturated heterocycles. The predicted molar refractivity (Wildman–Crippen MR) is 84.7 cm³/mol. The van der Waals surface area contributed by atoms with Gasteiger partial charge in [0.05, 0.1) is 0 Å². The van der Waals surface area contributed by atoms with Gasteiger partial charge in [-0.05, 0) is 26.0 Å². The van der Waals surface area contributed by atoms with Gasteiger partial charge >= 0.3 is 0 Å². The molecule has 0 saturated carbocycles. The summed E-state index contributed by atoms with van der Waals surface area (Å²) in [5, 5.41) is 3.47. The van der Waals surface area contributed by atoms with E-state index in [2.05, 4.69) is 25.1 Å². The third-order valence-electron chi connectivity index (χ3n) is 3.66. The van der Waals surface area contributed by atoms with Gasteiger partial charge in [-0.3, -0.25) is 4.90 Å². The van der Waals surface area contributed by atoms with Gasteiger partial charge in [0.25, 0.3) is 0 Å². The molecule has 0 spiro atoms. The Morgan fingerprint density at radius 3 is 2.62 bits per heavy atom. The van der Waals surface area contributed by atoms with E-state index in [4.69, 9.17) is 4.74 Å². The third-order valence-corrected chi connectivity index (χ3v) is 3.66. The molecule has 21 heavy (non-hydrogen) atoms. The van der Waals surface area contributed by atoms with E-state index in [9.17, 15) is 0 Å². The lowest BCUT2D eigenvalue weighted by Gasteiger charge is -2.34. The minimum absolute atomic E-state index is 0.815. The molecule has 0 unspecified atom stereocenters. The van der Waals surface area contributed by atoms with Crippen LogP contribution >= 0.6 is 0 Å². The smallest absolute Gasteiger partial charge is 0.225 e. The molecule has 1 aliphatic heterocycles. The van der Waals surface area contributed by atoms with Crippen LogP contribution in [0.15, 0.2) is 18.5 Å². The number of anilines is 1. The van der Waals surface area contributed by atoms with E-state index in [1.165, 1.54) is 0 Å². The van der Waals surface area contributed by atoms with Crippen LogP contribution in [0.1, 0.15) is 13.3 Å². The van der Waals surface area contributed by atoms with Gasteiger partial charge in [-0.15, -0.1) is 0 Å². The van der Waals surface area contributed by atoms with Crippen molar-refractivity contribution in [3.05, 3.63) is 18.5 Å². The molecular formula is C15H27N5O. The predicted octanol–water partition coefficient (Wildman–Crippen LogP) is 0.615. The number of nitrogens with one attached hydrogen (secondary N) is 1. The molecule has 1 fully saturated rings. The first-order valence-corrected chi connectivity index (χ1v) is 7.93. The van der Waals surface area contributed by atoms with E-state index in [1.54, 1.807) is 12.4 Å². The molecule has 0 radical (unpaired) electrons. The minimum Gasteiger partial charge on any atom is -0.382 e. The Balaban J connectivity index is 1.53. The quantitative estimate of drug-likeness (QED) is 0.674. The highest BCUT2D eigenvalue weighted by Crippen LogP contribution is 2.08. The van der Waals surface area contributed by atoms with Crippen molar-refractivity contribution >= 4 is 5.95 Å². The molecule has 118 valence electrons. The topological polar surface area (TPSA) is 53.5 Å². The molecule has 1 aromatic rings. The van der Waals surface area contributed by atoms with E-state index in [0.717, 1.165) is 71.4 Å². The fourth-order valence-corrected chi connectivity index (χ4v) is 2.43. The number of hydrogen-bond donors (Lipinski definition) is 1. The van der Waals surface area contributed by atoms with Gasteiger partial charge in [0.15, 0.2) is 0 Å². The molecule has 2 heterocycles. The van der Waals surface area contributed by atoms with Gasteiger partial charge in [0, 0.05) is 64.9 Å². The molecule has 0 atom stereocenters. The molecule has 1 aliphatic rings. The standard InChI is InChI=1S/C15H27N5O/c1-2-21-14-4-5-16-8-9-19-10-12-20(13-11-19)15-17-6-3-7-18-15/h3,6-7,16H,2,4-5,8-14H2,1H3. The molecule has 0 aromatic carbocycles. The van der Waals surface area contributed by atoms with Crippen LogP contribution in [0.4, 0.5) is 5.95 Å². The summed E-state index contributed by atoms with van der Waals surface area (Å²) in [7, 11) is 0. The Bertz CT molecular complexity index is 368. The van der Waals surface area contributed by atoms with Gasteiger partial charge in [-0.25, -0.2) is 9.97 Å². The fraction of sp³-hybridized carbons (Fsp3) is 0.733. The maximum Gasteiger partial charge on any atom is 0.225 e. The zero-order chi connectivity index (χ0) is 14.8. The van der Waals surface area contributed by atoms with Crippen molar-refractivity contribution < 1.29 is 4.74 Å². The monoisotopic (exact) mass is 293 g/mol. The van der Waals surface area contributed by atoms with Crippen molar-refractivity contribution in [3.63, 3.8) is 0 Å². The Morgan fingerprint density at radius 2 is 1.90 bits per heavy atom. The molecule has 6 heteroatoms. The average molecular weight is 293 g/mol. The highest BCUT2D eigenvalue weighted by atomic mass is 16.5. The summed E-state index contributed by atoms with van der Waals surface area (Å²) < 4.78 is 5.32. The maximum absolute atomic E-state index is 5.32. The number of aromatic nitrogens is 2. The van der Waals surface area contributed by atoms with Crippen LogP contribution in [0.2, 0.25) is 0 Å². The van der Waals surface area contributed by atoms with E-state index in [0.29, 0.717) is 0 Å². The van der Waals surface area contributed by atoms with Crippen LogP contribution < -0.4 is 10.2 Å². The van der Waals surface area contributed by atoms with Crippen LogP contribution in [-0.2, 0) is 4.74 Å². The van der Waals surface area contributed by atoms with E-state index >= 15 is 0 Å². The second-order valence-corrected chi connectivity index (χ2v) is 5.18. The van der Waals surface area contributed by atoms with E-state index in [1.807, 2.05) is 13.0 Å². The molecular weight excluding hydrogens is 266 g/mol. The summed E-state index contributed by atoms with van der Waals surface area (Å²) in [6.07, 6.45) is 4.70. The van der Waals surface area contributed by atoms with Gasteiger partial charge in [-0.2, -0.15) is 0 Å². The first kappa shape index (κ1) is 16.1. The first-order valence-electron chi connectivity index (χ1n) is 7.93. The van der Waals surface area contributed by atoms with Gasteiger partial charge in [0.2, 0.25) is 5.95 Å². The van der Waals surface area contributed by atoms with Crippen molar-refractivity contribution in [2.75, 3.05) is 63.9 Å². The highest BCUT2D eigenvalue weighted by molar-refractivity contribution is 5.29. The number of rotatable bonds is 9. The largest absolute Gasteiger partial charge is 0.382 e. The van der Waals surface area contributed by atoms with Crippen LogP contribution in [0.5, 0.6) is 0 Å². The molecule has 2 rings (SSSR count). The lowest BCUT2D eigenvalue weighted by molar-refractivity contribution is 0.144. The van der Waals surface area contributed by atoms with Crippen LogP contribution in [-0.4, -0.2) is 73.9 Å². The first-order chi connectivity index (χ1) is 10.4. The van der Waals surface area contributed by atoms with E-state index in [-0.39, 0.29) is 0 Å². The van der Waals surface area contributed by atoms with Gasteiger partial charge in [-0.1, -0.05) is 0 Å². The fourth-order valence-electron chi connectivity index (χ4n) is 2.43. The Labute approximate surface area is 127 Å². The Hall–Kier alpha value is -1.24. The van der Waals surface area contributed by atoms with Crippen molar-refractivity contribution in [2.45, 2.75) is 13.3 Å². The minimum atomic E-state index is 0.815. The zero-order valence-electron chi connectivity index (χ0n) is 13.0. The summed E-state index contributed by atoms with van der Waals surface area (Å²) in [6.45, 7) is 11.1. The number of ether oxygens (including phenoxy) is 1. The van der Waals surface area contributed by atoms with Gasteiger partial charge < -0.3 is 15.0 Å². The SMILES string of the molecule is CCOCCCNCCN1CCN(c2ncccn2)CC1. The van der Waals surface area contributed by atoms with E-state index < -0.39 is 0 Å². The summed E-state index contributed by atoms with van der Waals surface area (Å²) >= 11 is 0. The lowest BCUT2D eigenvalue weighted by Crippen LogP contribution is -2.48. The molecule has 0 aliphatic carbocycles. The Kier molecular flexibility index (Phi) is 7.42. The molecule has 0 amide bonds. The normalized spacial score (nSPS) is 16.3. The van der Waals surface area contributed by atoms with Crippen molar-refractivity contribution in [3.8, 4) is 0 Å². The molecule has 1 N–H and O–H groups in total. The zero-order valence-corrected chi connectivity index (χ0v) is 13.0. The van der Waals surface area contributed by atoms with Crippen molar-refractivity contribution in [1.82, 2.24) is 20.2 Å². The lowest BCUT2D eigenvalue weighted by atomic mass is 10.3. The number of hydrogen-bond acceptors (Lipinski definition) is 6. The van der Waals surface area contributed by atoms with Crippen LogP contribution in [0, 0.1) is 0 Å². The second kappa shape index (κ2) is 9.65. The van der Waals surface area contributed by atoms with Gasteiger partial charge in [0.1, 0.15) is 0 Å². The maximum atomic E-state index is 5.32. The van der Waals surface area contributed by atoms with Crippen molar-refractivity contribution in [1.29, 1.82) is 0 Å². The summed E-state index contributed by atoms with van der Waals surface area (Å²) in [4.78, 5) is 13.4.